The molecular formula is C18H19N3O3S. The highest BCUT2D eigenvalue weighted by molar-refractivity contribution is 7.18. The number of nitrogens with zero attached hydrogens (tertiary/aromatic N) is 2. The van der Waals surface area contributed by atoms with Gasteiger partial charge >= 0.3 is 0 Å². The van der Waals surface area contributed by atoms with E-state index in [-0.39, 0.29) is 36.7 Å². The van der Waals surface area contributed by atoms with Crippen molar-refractivity contribution >= 4 is 27.5 Å². The number of amides is 1. The van der Waals surface area contributed by atoms with Crippen molar-refractivity contribution in [3.05, 3.63) is 57.0 Å². The van der Waals surface area contributed by atoms with Crippen LogP contribution in [-0.2, 0) is 17.9 Å². The summed E-state index contributed by atoms with van der Waals surface area (Å²) in [5, 5.41) is 13.1. The molecule has 0 unspecified atom stereocenters. The first-order chi connectivity index (χ1) is 12.0. The van der Waals surface area contributed by atoms with Gasteiger partial charge in [0.05, 0.1) is 11.7 Å². The van der Waals surface area contributed by atoms with Gasteiger partial charge in [-0.15, -0.1) is 11.3 Å². The third kappa shape index (κ3) is 3.56. The molecule has 7 heteroatoms. The summed E-state index contributed by atoms with van der Waals surface area (Å²) in [7, 11) is 0. The second-order valence-electron chi connectivity index (χ2n) is 5.86. The predicted octanol–water partition coefficient (Wildman–Crippen LogP) is 2.49. The molecule has 0 aliphatic rings. The van der Waals surface area contributed by atoms with Gasteiger partial charge < -0.3 is 10.4 Å². The highest BCUT2D eigenvalue weighted by Gasteiger charge is 2.12. The Morgan fingerprint density at radius 1 is 1.32 bits per heavy atom. The fourth-order valence-electron chi connectivity index (χ4n) is 2.59. The Balaban J connectivity index is 1.65. The van der Waals surface area contributed by atoms with Crippen LogP contribution in [0.1, 0.15) is 22.4 Å². The Bertz CT molecular complexity index is 991. The first-order valence-corrected chi connectivity index (χ1v) is 8.77. The Morgan fingerprint density at radius 3 is 2.84 bits per heavy atom. The minimum absolute atomic E-state index is 0.111. The number of phenols is 1. The number of aryl methyl sites for hydroxylation is 3. The zero-order chi connectivity index (χ0) is 18.0. The molecule has 3 rings (SSSR count). The number of benzene rings is 1. The molecule has 2 N–H and O–H groups in total. The summed E-state index contributed by atoms with van der Waals surface area (Å²) in [5.74, 6) is -0.0366. The summed E-state index contributed by atoms with van der Waals surface area (Å²) >= 11 is 1.51. The molecule has 0 bridgehead atoms. The molecule has 6 nitrogen and oxygen atoms in total. The molecule has 1 amide bonds. The highest BCUT2D eigenvalue weighted by atomic mass is 32.1. The maximum atomic E-state index is 12.6. The van der Waals surface area contributed by atoms with Crippen LogP contribution in [0, 0.1) is 13.8 Å². The van der Waals surface area contributed by atoms with Crippen LogP contribution in [0.25, 0.3) is 10.2 Å². The molecule has 2 aromatic heterocycles. The zero-order valence-corrected chi connectivity index (χ0v) is 14.9. The number of phenolic OH excluding ortho intramolecular Hbond substituents is 1. The first kappa shape index (κ1) is 17.2. The van der Waals surface area contributed by atoms with E-state index < -0.39 is 0 Å². The minimum Gasteiger partial charge on any atom is -0.508 e. The van der Waals surface area contributed by atoms with Gasteiger partial charge in [-0.3, -0.25) is 14.2 Å². The van der Waals surface area contributed by atoms with Crippen LogP contribution in [0.15, 0.2) is 35.4 Å². The zero-order valence-electron chi connectivity index (χ0n) is 14.1. The fraction of sp³-hybridized carbons (Fsp3) is 0.278. The molecule has 3 aromatic rings. The fourth-order valence-corrected chi connectivity index (χ4v) is 3.58. The van der Waals surface area contributed by atoms with Gasteiger partial charge in [0.15, 0.2) is 0 Å². The molecule has 2 heterocycles. The summed E-state index contributed by atoms with van der Waals surface area (Å²) in [4.78, 5) is 30.7. The van der Waals surface area contributed by atoms with E-state index in [0.717, 1.165) is 15.3 Å². The normalized spacial score (nSPS) is 11.0. The molecule has 0 saturated carbocycles. The van der Waals surface area contributed by atoms with Crippen molar-refractivity contribution in [2.45, 2.75) is 33.4 Å². The van der Waals surface area contributed by atoms with Gasteiger partial charge in [-0.05, 0) is 25.5 Å². The topological polar surface area (TPSA) is 84.2 Å². The molecule has 0 atom stereocenters. The van der Waals surface area contributed by atoms with E-state index in [9.17, 15) is 14.7 Å². The summed E-state index contributed by atoms with van der Waals surface area (Å²) in [6.07, 6.45) is 1.67. The average Bonchev–Trinajstić information content (AvgIpc) is 2.88. The number of nitrogens with one attached hydrogen (secondary N) is 1. The van der Waals surface area contributed by atoms with E-state index in [1.54, 1.807) is 24.3 Å². The number of carbonyl (C=O) groups is 1. The largest absolute Gasteiger partial charge is 0.508 e. The van der Waals surface area contributed by atoms with Gasteiger partial charge in [-0.25, -0.2) is 4.98 Å². The number of hydrogen-bond acceptors (Lipinski definition) is 5. The number of para-hydroxylation sites is 1. The first-order valence-electron chi connectivity index (χ1n) is 7.96. The Labute approximate surface area is 148 Å². The molecule has 0 fully saturated rings. The van der Waals surface area contributed by atoms with Gasteiger partial charge in [0.2, 0.25) is 5.91 Å². The lowest BCUT2D eigenvalue weighted by Gasteiger charge is -2.08. The maximum absolute atomic E-state index is 12.6. The molecule has 1 aromatic carbocycles. The number of aromatic hydroxyl groups is 1. The maximum Gasteiger partial charge on any atom is 0.262 e. The quantitative estimate of drug-likeness (QED) is 0.735. The van der Waals surface area contributed by atoms with Gasteiger partial charge in [-0.1, -0.05) is 18.2 Å². The Kier molecular flexibility index (Phi) is 4.85. The molecule has 0 radical (unpaired) electrons. The molecule has 0 aliphatic heterocycles. The lowest BCUT2D eigenvalue weighted by Crippen LogP contribution is -2.27. The van der Waals surface area contributed by atoms with Crippen molar-refractivity contribution in [3.63, 3.8) is 0 Å². The summed E-state index contributed by atoms with van der Waals surface area (Å²) in [5.41, 5.74) is 1.50. The van der Waals surface area contributed by atoms with Crippen LogP contribution in [0.5, 0.6) is 5.75 Å². The standard InChI is InChI=1S/C18H19N3O3S/c1-11-12(2)25-17-16(11)18(24)21(10-20-17)8-7-15(23)19-9-13-5-3-4-6-14(13)22/h3-6,10,22H,7-9H2,1-2H3,(H,19,23). The molecule has 25 heavy (non-hydrogen) atoms. The third-order valence-electron chi connectivity index (χ3n) is 4.20. The number of fused-ring (bicyclic) bond motifs is 1. The SMILES string of the molecule is Cc1sc2ncn(CCC(=O)NCc3ccccc3O)c(=O)c2c1C. The van der Waals surface area contributed by atoms with Crippen LogP contribution in [-0.4, -0.2) is 20.6 Å². The number of thiophene rings is 1. The third-order valence-corrected chi connectivity index (χ3v) is 5.32. The number of carbonyl (C=O) groups excluding carboxylic acids is 1. The number of hydrogen-bond donors (Lipinski definition) is 2. The monoisotopic (exact) mass is 357 g/mol. The van der Waals surface area contributed by atoms with Crippen molar-refractivity contribution in [1.82, 2.24) is 14.9 Å². The number of aromatic nitrogens is 2. The van der Waals surface area contributed by atoms with Gasteiger partial charge in [0, 0.05) is 30.0 Å². The van der Waals surface area contributed by atoms with Crippen LogP contribution in [0.2, 0.25) is 0 Å². The number of rotatable bonds is 5. The predicted molar refractivity (Wildman–Crippen MR) is 97.9 cm³/mol. The Morgan fingerprint density at radius 2 is 2.08 bits per heavy atom. The second-order valence-corrected chi connectivity index (χ2v) is 7.07. The Hall–Kier alpha value is -2.67. The second kappa shape index (κ2) is 7.06. The molecule has 0 spiro atoms. The summed E-state index contributed by atoms with van der Waals surface area (Å²) in [6, 6.07) is 6.85. The van der Waals surface area contributed by atoms with Crippen molar-refractivity contribution in [3.8, 4) is 5.75 Å². The minimum atomic E-state index is -0.187. The van der Waals surface area contributed by atoms with E-state index >= 15 is 0 Å². The van der Waals surface area contributed by atoms with Crippen molar-refractivity contribution in [2.75, 3.05) is 0 Å². The molecule has 0 saturated heterocycles. The summed E-state index contributed by atoms with van der Waals surface area (Å²) in [6.45, 7) is 4.40. The average molecular weight is 357 g/mol. The lowest BCUT2D eigenvalue weighted by molar-refractivity contribution is -0.121. The smallest absolute Gasteiger partial charge is 0.262 e. The van der Waals surface area contributed by atoms with Crippen LogP contribution < -0.4 is 10.9 Å². The van der Waals surface area contributed by atoms with E-state index in [1.165, 1.54) is 22.2 Å². The van der Waals surface area contributed by atoms with Gasteiger partial charge in [0.1, 0.15) is 10.6 Å². The van der Waals surface area contributed by atoms with Crippen molar-refractivity contribution in [2.24, 2.45) is 0 Å². The van der Waals surface area contributed by atoms with Crippen molar-refractivity contribution < 1.29 is 9.90 Å². The van der Waals surface area contributed by atoms with E-state index in [4.69, 9.17) is 0 Å². The van der Waals surface area contributed by atoms with Crippen LogP contribution in [0.4, 0.5) is 0 Å². The van der Waals surface area contributed by atoms with Crippen LogP contribution in [0.3, 0.4) is 0 Å². The molecular weight excluding hydrogens is 338 g/mol. The van der Waals surface area contributed by atoms with E-state index in [0.29, 0.717) is 10.9 Å². The van der Waals surface area contributed by atoms with Gasteiger partial charge in [0.25, 0.3) is 5.56 Å². The molecule has 130 valence electrons. The summed E-state index contributed by atoms with van der Waals surface area (Å²) < 4.78 is 1.47. The van der Waals surface area contributed by atoms with Gasteiger partial charge in [-0.2, -0.15) is 0 Å². The van der Waals surface area contributed by atoms with Crippen molar-refractivity contribution in [1.29, 1.82) is 0 Å². The van der Waals surface area contributed by atoms with Crippen LogP contribution >= 0.6 is 11.3 Å². The molecule has 0 aliphatic carbocycles. The van der Waals surface area contributed by atoms with E-state index in [2.05, 4.69) is 10.3 Å². The highest BCUT2D eigenvalue weighted by Crippen LogP contribution is 2.25. The van der Waals surface area contributed by atoms with E-state index in [1.807, 2.05) is 13.8 Å². The lowest BCUT2D eigenvalue weighted by atomic mass is 10.2.